The van der Waals surface area contributed by atoms with Gasteiger partial charge in [-0.2, -0.15) is 0 Å². The molecule has 0 amide bonds. The Morgan fingerprint density at radius 2 is 1.82 bits per heavy atom. The molecular formula is C15H19NO. The quantitative estimate of drug-likeness (QED) is 0.788. The monoisotopic (exact) mass is 229 g/mol. The number of phenols is 1. The van der Waals surface area contributed by atoms with Crippen LogP contribution in [0.1, 0.15) is 31.9 Å². The molecule has 2 nitrogen and oxygen atoms in total. The topological polar surface area (TPSA) is 46.2 Å². The number of fused-ring (bicyclic) bond motifs is 1. The highest BCUT2D eigenvalue weighted by atomic mass is 16.3. The zero-order valence-corrected chi connectivity index (χ0v) is 10.6. The van der Waals surface area contributed by atoms with Crippen LogP contribution in [-0.4, -0.2) is 5.11 Å². The molecule has 0 saturated heterocycles. The van der Waals surface area contributed by atoms with Crippen LogP contribution in [0.3, 0.4) is 0 Å². The van der Waals surface area contributed by atoms with Gasteiger partial charge in [0.2, 0.25) is 0 Å². The molecule has 0 aromatic heterocycles. The van der Waals surface area contributed by atoms with E-state index in [1.165, 1.54) is 5.56 Å². The van der Waals surface area contributed by atoms with E-state index in [0.717, 1.165) is 16.3 Å². The number of phenolic OH excluding ortho intramolecular Hbond substituents is 1. The summed E-state index contributed by atoms with van der Waals surface area (Å²) in [5.74, 6) is 0.314. The molecule has 0 heterocycles. The maximum absolute atomic E-state index is 10.0. The summed E-state index contributed by atoms with van der Waals surface area (Å²) in [5, 5.41) is 12.0. The fourth-order valence-electron chi connectivity index (χ4n) is 1.98. The summed E-state index contributed by atoms with van der Waals surface area (Å²) in [6, 6.07) is 10.00. The standard InChI is InChI=1S/C15H19NO/c1-15(2,3)12-5-4-11-6-10(9-16)7-14(17)13(11)8-12/h4-8,17H,9,16H2,1-3H3. The van der Waals surface area contributed by atoms with Crippen LogP contribution >= 0.6 is 0 Å². The molecule has 0 bridgehead atoms. The van der Waals surface area contributed by atoms with Crippen LogP contribution in [0.4, 0.5) is 0 Å². The first-order valence-electron chi connectivity index (χ1n) is 5.88. The van der Waals surface area contributed by atoms with E-state index in [1.807, 2.05) is 6.07 Å². The van der Waals surface area contributed by atoms with E-state index in [1.54, 1.807) is 6.07 Å². The predicted octanol–water partition coefficient (Wildman–Crippen LogP) is 3.30. The van der Waals surface area contributed by atoms with E-state index in [4.69, 9.17) is 5.73 Å². The molecule has 2 aromatic carbocycles. The van der Waals surface area contributed by atoms with Crippen LogP contribution in [0.25, 0.3) is 10.8 Å². The Kier molecular flexibility index (Phi) is 2.84. The van der Waals surface area contributed by atoms with Crippen molar-refractivity contribution in [2.45, 2.75) is 32.7 Å². The van der Waals surface area contributed by atoms with Gasteiger partial charge < -0.3 is 10.8 Å². The highest BCUT2D eigenvalue weighted by Crippen LogP contribution is 2.31. The van der Waals surface area contributed by atoms with Gasteiger partial charge in [-0.25, -0.2) is 0 Å². The summed E-state index contributed by atoms with van der Waals surface area (Å²) in [6.45, 7) is 6.95. The van der Waals surface area contributed by atoms with Gasteiger partial charge in [-0.05, 0) is 40.1 Å². The molecule has 2 heteroatoms. The minimum Gasteiger partial charge on any atom is -0.507 e. The number of hydrogen-bond donors (Lipinski definition) is 2. The highest BCUT2D eigenvalue weighted by molar-refractivity contribution is 5.89. The zero-order valence-electron chi connectivity index (χ0n) is 10.6. The first kappa shape index (κ1) is 11.9. The predicted molar refractivity (Wildman–Crippen MR) is 72.2 cm³/mol. The number of nitrogens with two attached hydrogens (primary N) is 1. The summed E-state index contributed by atoms with van der Waals surface area (Å²) < 4.78 is 0. The van der Waals surface area contributed by atoms with Crippen molar-refractivity contribution in [1.82, 2.24) is 0 Å². The first-order chi connectivity index (χ1) is 7.91. The van der Waals surface area contributed by atoms with Gasteiger partial charge in [-0.1, -0.05) is 32.9 Å². The number of hydrogen-bond acceptors (Lipinski definition) is 2. The third kappa shape index (κ3) is 2.27. The van der Waals surface area contributed by atoms with Crippen LogP contribution in [0, 0.1) is 0 Å². The van der Waals surface area contributed by atoms with Gasteiger partial charge in [0.15, 0.2) is 0 Å². The van der Waals surface area contributed by atoms with Gasteiger partial charge in [0.25, 0.3) is 0 Å². The van der Waals surface area contributed by atoms with Crippen molar-refractivity contribution in [2.75, 3.05) is 0 Å². The maximum atomic E-state index is 10.0. The summed E-state index contributed by atoms with van der Waals surface area (Å²) in [6.07, 6.45) is 0. The van der Waals surface area contributed by atoms with Gasteiger partial charge in [0, 0.05) is 11.9 Å². The van der Waals surface area contributed by atoms with Crippen LogP contribution in [0.15, 0.2) is 30.3 Å². The van der Waals surface area contributed by atoms with Crippen molar-refractivity contribution < 1.29 is 5.11 Å². The lowest BCUT2D eigenvalue weighted by molar-refractivity contribution is 0.480. The van der Waals surface area contributed by atoms with Crippen molar-refractivity contribution in [2.24, 2.45) is 5.73 Å². The van der Waals surface area contributed by atoms with Crippen LogP contribution in [-0.2, 0) is 12.0 Å². The molecule has 2 rings (SSSR count). The second-order valence-corrected chi connectivity index (χ2v) is 5.50. The minimum atomic E-state index is 0.0904. The maximum Gasteiger partial charge on any atom is 0.123 e. The Morgan fingerprint density at radius 1 is 1.12 bits per heavy atom. The Bertz CT molecular complexity index is 553. The third-order valence-corrected chi connectivity index (χ3v) is 3.09. The van der Waals surface area contributed by atoms with E-state index in [-0.39, 0.29) is 5.41 Å². The van der Waals surface area contributed by atoms with Gasteiger partial charge in [0.05, 0.1) is 0 Å². The van der Waals surface area contributed by atoms with E-state index in [9.17, 15) is 5.11 Å². The average Bonchev–Trinajstić information content (AvgIpc) is 2.27. The summed E-state index contributed by atoms with van der Waals surface area (Å²) >= 11 is 0. The average molecular weight is 229 g/mol. The van der Waals surface area contributed by atoms with Crippen molar-refractivity contribution in [3.8, 4) is 5.75 Å². The molecule has 2 aromatic rings. The molecule has 0 aliphatic rings. The van der Waals surface area contributed by atoms with Crippen LogP contribution in [0.2, 0.25) is 0 Å². The fourth-order valence-corrected chi connectivity index (χ4v) is 1.98. The van der Waals surface area contributed by atoms with E-state index >= 15 is 0 Å². The Morgan fingerprint density at radius 3 is 2.41 bits per heavy atom. The van der Waals surface area contributed by atoms with E-state index in [2.05, 4.69) is 39.0 Å². The molecule has 0 saturated carbocycles. The number of benzene rings is 2. The molecule has 0 aliphatic carbocycles. The van der Waals surface area contributed by atoms with Crippen molar-refractivity contribution in [1.29, 1.82) is 0 Å². The molecular weight excluding hydrogens is 210 g/mol. The lowest BCUT2D eigenvalue weighted by atomic mass is 9.85. The molecule has 17 heavy (non-hydrogen) atoms. The largest absolute Gasteiger partial charge is 0.507 e. The molecule has 3 N–H and O–H groups in total. The number of rotatable bonds is 1. The lowest BCUT2D eigenvalue weighted by Gasteiger charge is -2.19. The summed E-state index contributed by atoms with van der Waals surface area (Å²) in [5.41, 5.74) is 7.87. The van der Waals surface area contributed by atoms with Crippen LogP contribution in [0.5, 0.6) is 5.75 Å². The third-order valence-electron chi connectivity index (χ3n) is 3.09. The van der Waals surface area contributed by atoms with Gasteiger partial charge >= 0.3 is 0 Å². The molecule has 0 aliphatic heterocycles. The van der Waals surface area contributed by atoms with Crippen LogP contribution < -0.4 is 5.73 Å². The summed E-state index contributed by atoms with van der Waals surface area (Å²) in [4.78, 5) is 0. The van der Waals surface area contributed by atoms with Gasteiger partial charge in [-0.3, -0.25) is 0 Å². The molecule has 0 radical (unpaired) electrons. The molecule has 0 atom stereocenters. The molecule has 0 spiro atoms. The second kappa shape index (κ2) is 4.04. The van der Waals surface area contributed by atoms with E-state index < -0.39 is 0 Å². The Labute approximate surface area is 102 Å². The number of aromatic hydroxyl groups is 1. The lowest BCUT2D eigenvalue weighted by Crippen LogP contribution is -2.10. The summed E-state index contributed by atoms with van der Waals surface area (Å²) in [7, 11) is 0. The second-order valence-electron chi connectivity index (χ2n) is 5.50. The first-order valence-corrected chi connectivity index (χ1v) is 5.88. The molecule has 0 fully saturated rings. The Hall–Kier alpha value is -1.54. The smallest absolute Gasteiger partial charge is 0.123 e. The van der Waals surface area contributed by atoms with Crippen molar-refractivity contribution >= 4 is 10.8 Å². The van der Waals surface area contributed by atoms with Crippen molar-refractivity contribution in [3.63, 3.8) is 0 Å². The van der Waals surface area contributed by atoms with Gasteiger partial charge in [-0.15, -0.1) is 0 Å². The zero-order chi connectivity index (χ0) is 12.6. The molecule has 90 valence electrons. The highest BCUT2D eigenvalue weighted by Gasteiger charge is 2.14. The fraction of sp³-hybridized carbons (Fsp3) is 0.333. The van der Waals surface area contributed by atoms with E-state index in [0.29, 0.717) is 12.3 Å². The van der Waals surface area contributed by atoms with Crippen molar-refractivity contribution in [3.05, 3.63) is 41.5 Å². The minimum absolute atomic E-state index is 0.0904. The SMILES string of the molecule is CC(C)(C)c1ccc2cc(CN)cc(O)c2c1. The molecule has 0 unspecified atom stereocenters. The van der Waals surface area contributed by atoms with Gasteiger partial charge in [0.1, 0.15) is 5.75 Å². The normalized spacial score (nSPS) is 12.0. The Balaban J connectivity index is 2.67.